The van der Waals surface area contributed by atoms with Crippen LogP contribution in [0.2, 0.25) is 0 Å². The van der Waals surface area contributed by atoms with E-state index in [0.717, 1.165) is 0 Å². The lowest BCUT2D eigenvalue weighted by molar-refractivity contribution is -0.120. The van der Waals surface area contributed by atoms with E-state index in [1.807, 2.05) is 0 Å². The molecular weight excluding hydrogens is 240 g/mol. The highest BCUT2D eigenvalue weighted by molar-refractivity contribution is 7.80. The van der Waals surface area contributed by atoms with Crippen LogP contribution in [0, 0.1) is 0 Å². The van der Waals surface area contributed by atoms with E-state index in [2.05, 4.69) is 17.9 Å². The Balaban J connectivity index is 2.59. The third kappa shape index (κ3) is 5.26. The summed E-state index contributed by atoms with van der Waals surface area (Å²) in [6, 6.07) is 6.75. The average Bonchev–Trinajstić information content (AvgIpc) is 2.27. The molecule has 1 rings (SSSR count). The highest BCUT2D eigenvalue weighted by Gasteiger charge is 2.03. The zero-order chi connectivity index (χ0) is 12.7. The van der Waals surface area contributed by atoms with Gasteiger partial charge in [-0.05, 0) is 17.9 Å². The molecule has 0 aliphatic rings. The summed E-state index contributed by atoms with van der Waals surface area (Å²) in [6.45, 7) is -0.186. The predicted octanol–water partition coefficient (Wildman–Crippen LogP) is 0.809. The molecule has 0 radical (unpaired) electrons. The van der Waals surface area contributed by atoms with Crippen molar-refractivity contribution in [1.82, 2.24) is 0 Å². The minimum atomic E-state index is -0.547. The summed E-state index contributed by atoms with van der Waals surface area (Å²) in [5.74, 6) is 0.304. The van der Waals surface area contributed by atoms with Gasteiger partial charge in [-0.15, -0.1) is 0 Å². The fraction of sp³-hybridized carbons (Fsp3) is 0.273. The van der Waals surface area contributed by atoms with Gasteiger partial charge in [0.25, 0.3) is 5.91 Å². The van der Waals surface area contributed by atoms with Crippen LogP contribution >= 0.6 is 12.6 Å². The van der Waals surface area contributed by atoms with Crippen LogP contribution in [0.1, 0.15) is 6.42 Å². The molecule has 0 bridgehead atoms. The summed E-state index contributed by atoms with van der Waals surface area (Å²) in [5, 5.41) is 2.69. The first-order valence-corrected chi connectivity index (χ1v) is 5.67. The first-order chi connectivity index (χ1) is 8.11. The molecule has 0 spiro atoms. The molecule has 0 atom stereocenters. The maximum atomic E-state index is 11.3. The molecule has 2 amide bonds. The highest BCUT2D eigenvalue weighted by Crippen LogP contribution is 2.17. The van der Waals surface area contributed by atoms with Crippen molar-refractivity contribution in [3.8, 4) is 5.75 Å². The number of rotatable bonds is 6. The van der Waals surface area contributed by atoms with Crippen LogP contribution in [0.5, 0.6) is 5.75 Å². The van der Waals surface area contributed by atoms with E-state index in [1.165, 1.54) is 0 Å². The van der Waals surface area contributed by atoms with Gasteiger partial charge in [0.1, 0.15) is 5.75 Å². The number of carbonyl (C=O) groups is 2. The van der Waals surface area contributed by atoms with Gasteiger partial charge < -0.3 is 15.8 Å². The Morgan fingerprint density at radius 2 is 2.18 bits per heavy atom. The Labute approximate surface area is 105 Å². The van der Waals surface area contributed by atoms with Gasteiger partial charge in [-0.1, -0.05) is 6.07 Å². The molecular formula is C11H14N2O3S. The molecule has 17 heavy (non-hydrogen) atoms. The van der Waals surface area contributed by atoms with Gasteiger partial charge in [-0.3, -0.25) is 9.59 Å². The summed E-state index contributed by atoms with van der Waals surface area (Å²) in [6.07, 6.45) is 0.343. The van der Waals surface area contributed by atoms with Crippen molar-refractivity contribution in [1.29, 1.82) is 0 Å². The summed E-state index contributed by atoms with van der Waals surface area (Å²) in [7, 11) is 0. The number of benzene rings is 1. The second-order valence-corrected chi connectivity index (χ2v) is 3.75. The molecule has 3 N–H and O–H groups in total. The molecule has 0 aliphatic carbocycles. The van der Waals surface area contributed by atoms with Crippen molar-refractivity contribution in [2.75, 3.05) is 17.7 Å². The summed E-state index contributed by atoms with van der Waals surface area (Å²) in [4.78, 5) is 21.9. The third-order valence-electron chi connectivity index (χ3n) is 1.84. The second-order valence-electron chi connectivity index (χ2n) is 3.30. The molecule has 0 saturated carbocycles. The average molecular weight is 254 g/mol. The van der Waals surface area contributed by atoms with Gasteiger partial charge in [0.05, 0.1) is 0 Å². The lowest BCUT2D eigenvalue weighted by Gasteiger charge is -2.07. The standard InChI is InChI=1S/C11H14N2O3S/c12-10(14)7-16-9-3-1-2-8(6-9)13-11(15)4-5-17/h1-3,6,17H,4-5,7H2,(H2,12,14)(H,13,15). The minimum Gasteiger partial charge on any atom is -0.484 e. The van der Waals surface area contributed by atoms with Gasteiger partial charge in [-0.2, -0.15) is 12.6 Å². The number of primary amides is 1. The van der Waals surface area contributed by atoms with Crippen LogP contribution < -0.4 is 15.8 Å². The van der Waals surface area contributed by atoms with Crippen molar-refractivity contribution in [3.63, 3.8) is 0 Å². The Morgan fingerprint density at radius 3 is 2.82 bits per heavy atom. The first kappa shape index (κ1) is 13.4. The van der Waals surface area contributed by atoms with E-state index in [0.29, 0.717) is 23.6 Å². The topological polar surface area (TPSA) is 81.4 Å². The van der Waals surface area contributed by atoms with Crippen LogP contribution in [-0.4, -0.2) is 24.2 Å². The fourth-order valence-corrected chi connectivity index (χ4v) is 1.35. The largest absolute Gasteiger partial charge is 0.484 e. The zero-order valence-corrected chi connectivity index (χ0v) is 10.1. The van der Waals surface area contributed by atoms with Crippen LogP contribution in [0.3, 0.4) is 0 Å². The Bertz CT molecular complexity index is 409. The van der Waals surface area contributed by atoms with Crippen LogP contribution in [0.15, 0.2) is 24.3 Å². The Kier molecular flexibility index (Phi) is 5.35. The van der Waals surface area contributed by atoms with Gasteiger partial charge in [0.15, 0.2) is 6.61 Å². The number of anilines is 1. The predicted molar refractivity (Wildman–Crippen MR) is 68.2 cm³/mol. The van der Waals surface area contributed by atoms with Crippen LogP contribution in [-0.2, 0) is 9.59 Å². The quantitative estimate of drug-likeness (QED) is 0.657. The van der Waals surface area contributed by atoms with Gasteiger partial charge in [0, 0.05) is 18.2 Å². The summed E-state index contributed by atoms with van der Waals surface area (Å²) >= 11 is 3.97. The van der Waals surface area contributed by atoms with Crippen molar-refractivity contribution in [3.05, 3.63) is 24.3 Å². The SMILES string of the molecule is NC(=O)COc1cccc(NC(=O)CCS)c1. The molecule has 0 aliphatic heterocycles. The van der Waals surface area contributed by atoms with Gasteiger partial charge in [-0.25, -0.2) is 0 Å². The number of hydrogen-bond donors (Lipinski definition) is 3. The van der Waals surface area contributed by atoms with Crippen molar-refractivity contribution < 1.29 is 14.3 Å². The van der Waals surface area contributed by atoms with E-state index in [-0.39, 0.29) is 12.5 Å². The number of ether oxygens (including phenoxy) is 1. The Morgan fingerprint density at radius 1 is 1.41 bits per heavy atom. The van der Waals surface area contributed by atoms with E-state index in [9.17, 15) is 9.59 Å². The number of carbonyl (C=O) groups excluding carboxylic acids is 2. The lowest BCUT2D eigenvalue weighted by Crippen LogP contribution is -2.20. The fourth-order valence-electron chi connectivity index (χ4n) is 1.14. The number of nitrogens with two attached hydrogens (primary N) is 1. The van der Waals surface area contributed by atoms with Crippen LogP contribution in [0.4, 0.5) is 5.69 Å². The number of amides is 2. The van der Waals surface area contributed by atoms with E-state index in [4.69, 9.17) is 10.5 Å². The smallest absolute Gasteiger partial charge is 0.255 e. The normalized spacial score (nSPS) is 9.71. The van der Waals surface area contributed by atoms with E-state index in [1.54, 1.807) is 24.3 Å². The van der Waals surface area contributed by atoms with Crippen molar-refractivity contribution >= 4 is 30.1 Å². The maximum Gasteiger partial charge on any atom is 0.255 e. The van der Waals surface area contributed by atoms with Crippen molar-refractivity contribution in [2.45, 2.75) is 6.42 Å². The maximum absolute atomic E-state index is 11.3. The number of nitrogens with one attached hydrogen (secondary N) is 1. The molecule has 5 nitrogen and oxygen atoms in total. The molecule has 1 aromatic rings. The van der Waals surface area contributed by atoms with Gasteiger partial charge >= 0.3 is 0 Å². The van der Waals surface area contributed by atoms with Crippen molar-refractivity contribution in [2.24, 2.45) is 5.73 Å². The van der Waals surface area contributed by atoms with Gasteiger partial charge in [0.2, 0.25) is 5.91 Å². The van der Waals surface area contributed by atoms with Crippen LogP contribution in [0.25, 0.3) is 0 Å². The third-order valence-corrected chi connectivity index (χ3v) is 2.06. The molecule has 1 aromatic carbocycles. The van der Waals surface area contributed by atoms with E-state index >= 15 is 0 Å². The molecule has 0 heterocycles. The molecule has 92 valence electrons. The summed E-state index contributed by atoms with van der Waals surface area (Å²) in [5.41, 5.74) is 5.57. The molecule has 0 aromatic heterocycles. The minimum absolute atomic E-state index is 0.118. The summed E-state index contributed by atoms with van der Waals surface area (Å²) < 4.78 is 5.11. The first-order valence-electron chi connectivity index (χ1n) is 5.03. The molecule has 0 fully saturated rings. The molecule has 6 heteroatoms. The number of thiol groups is 1. The monoisotopic (exact) mass is 254 g/mol. The molecule has 0 unspecified atom stereocenters. The lowest BCUT2D eigenvalue weighted by atomic mass is 10.3. The zero-order valence-electron chi connectivity index (χ0n) is 9.18. The second kappa shape index (κ2) is 6.80. The van der Waals surface area contributed by atoms with E-state index < -0.39 is 5.91 Å². The Hall–Kier alpha value is -1.69. The number of hydrogen-bond acceptors (Lipinski definition) is 4. The highest BCUT2D eigenvalue weighted by atomic mass is 32.1. The molecule has 0 saturated heterocycles.